The van der Waals surface area contributed by atoms with Crippen LogP contribution in [0, 0.1) is 0 Å². The maximum atomic E-state index is 12.9. The molecular formula is C66H110O6. The highest BCUT2D eigenvalue weighted by Gasteiger charge is 2.19. The second-order valence-electron chi connectivity index (χ2n) is 19.5. The summed E-state index contributed by atoms with van der Waals surface area (Å²) in [6, 6.07) is 0. The highest BCUT2D eigenvalue weighted by molar-refractivity contribution is 5.71. The number of rotatable bonds is 53. The predicted molar refractivity (Wildman–Crippen MR) is 311 cm³/mol. The van der Waals surface area contributed by atoms with Gasteiger partial charge in [-0.3, -0.25) is 14.4 Å². The van der Waals surface area contributed by atoms with Crippen molar-refractivity contribution in [3.8, 4) is 0 Å². The van der Waals surface area contributed by atoms with E-state index in [4.69, 9.17) is 14.2 Å². The first-order chi connectivity index (χ1) is 35.5. The van der Waals surface area contributed by atoms with Crippen molar-refractivity contribution < 1.29 is 28.6 Å². The number of hydrogen-bond acceptors (Lipinski definition) is 6. The quantitative estimate of drug-likeness (QED) is 0.0261. The first kappa shape index (κ1) is 68.1. The number of carbonyl (C=O) groups excluding carboxylic acids is 3. The first-order valence-corrected chi connectivity index (χ1v) is 29.9. The van der Waals surface area contributed by atoms with Crippen LogP contribution in [0.15, 0.2) is 109 Å². The molecular weight excluding hydrogens is 889 g/mol. The van der Waals surface area contributed by atoms with Gasteiger partial charge in [0, 0.05) is 19.3 Å². The number of carbonyl (C=O) groups is 3. The predicted octanol–water partition coefficient (Wildman–Crippen LogP) is 20.3. The van der Waals surface area contributed by atoms with Crippen molar-refractivity contribution in [2.75, 3.05) is 13.2 Å². The van der Waals surface area contributed by atoms with Crippen LogP contribution in [0.3, 0.4) is 0 Å². The van der Waals surface area contributed by atoms with Gasteiger partial charge in [0.15, 0.2) is 6.10 Å². The van der Waals surface area contributed by atoms with Gasteiger partial charge in [-0.05, 0) is 103 Å². The third-order valence-electron chi connectivity index (χ3n) is 12.5. The normalized spacial score (nSPS) is 12.9. The highest BCUT2D eigenvalue weighted by Crippen LogP contribution is 2.16. The van der Waals surface area contributed by atoms with Crippen molar-refractivity contribution in [2.24, 2.45) is 0 Å². The van der Waals surface area contributed by atoms with Gasteiger partial charge >= 0.3 is 17.9 Å². The van der Waals surface area contributed by atoms with E-state index >= 15 is 0 Å². The molecule has 0 saturated heterocycles. The van der Waals surface area contributed by atoms with E-state index < -0.39 is 6.10 Å². The summed E-state index contributed by atoms with van der Waals surface area (Å²) >= 11 is 0. The molecule has 0 heterocycles. The molecule has 1 unspecified atom stereocenters. The number of hydrogen-bond donors (Lipinski definition) is 0. The van der Waals surface area contributed by atoms with E-state index in [1.54, 1.807) is 0 Å². The smallest absolute Gasteiger partial charge is 0.306 e. The molecule has 0 bridgehead atoms. The lowest BCUT2D eigenvalue weighted by Crippen LogP contribution is -2.30. The van der Waals surface area contributed by atoms with Crippen molar-refractivity contribution in [2.45, 2.75) is 277 Å². The topological polar surface area (TPSA) is 78.9 Å². The average molecular weight is 1000 g/mol. The molecule has 0 spiro atoms. The minimum absolute atomic E-state index is 0.0938. The Morgan fingerprint density at radius 1 is 0.292 bits per heavy atom. The SMILES string of the molecule is CC/C=C\C/C=C\C/C=C\C/C=C\C/C=C\CCCCCCCC(=O)OCC(COC(=O)CCCCCCCCCCCCCCCCCC)OC(=O)CCCCCC/C=C\C/C=C\C/C=C\C/C=C\CC. The van der Waals surface area contributed by atoms with E-state index in [2.05, 4.69) is 130 Å². The van der Waals surface area contributed by atoms with Gasteiger partial charge in [0.1, 0.15) is 13.2 Å². The molecule has 0 aliphatic rings. The minimum atomic E-state index is -0.801. The highest BCUT2D eigenvalue weighted by atomic mass is 16.6. The van der Waals surface area contributed by atoms with Crippen LogP contribution in [0.25, 0.3) is 0 Å². The molecule has 0 amide bonds. The van der Waals surface area contributed by atoms with Crippen LogP contribution in [-0.4, -0.2) is 37.2 Å². The Hall–Kier alpha value is -3.93. The van der Waals surface area contributed by atoms with Crippen LogP contribution >= 0.6 is 0 Å². The molecule has 0 aromatic rings. The second-order valence-corrected chi connectivity index (χ2v) is 19.5. The summed E-state index contributed by atoms with van der Waals surface area (Å²) in [5, 5.41) is 0. The Morgan fingerprint density at radius 2 is 0.542 bits per heavy atom. The Labute approximate surface area is 444 Å². The summed E-state index contributed by atoms with van der Waals surface area (Å²) in [4.78, 5) is 38.2. The fraction of sp³-hybridized carbons (Fsp3) is 0.682. The molecule has 0 aromatic heterocycles. The van der Waals surface area contributed by atoms with Gasteiger partial charge in [-0.2, -0.15) is 0 Å². The van der Waals surface area contributed by atoms with Crippen molar-refractivity contribution in [3.05, 3.63) is 109 Å². The molecule has 0 saturated carbocycles. The van der Waals surface area contributed by atoms with E-state index in [0.717, 1.165) is 148 Å². The zero-order valence-corrected chi connectivity index (χ0v) is 46.9. The molecule has 0 fully saturated rings. The Kier molecular flexibility index (Phi) is 56.4. The van der Waals surface area contributed by atoms with E-state index in [9.17, 15) is 14.4 Å². The lowest BCUT2D eigenvalue weighted by molar-refractivity contribution is -0.167. The van der Waals surface area contributed by atoms with Gasteiger partial charge in [0.25, 0.3) is 0 Å². The second kappa shape index (κ2) is 59.6. The number of ether oxygens (including phenoxy) is 3. The van der Waals surface area contributed by atoms with Crippen LogP contribution in [0.1, 0.15) is 271 Å². The average Bonchev–Trinajstić information content (AvgIpc) is 3.38. The third kappa shape index (κ3) is 57.0. The van der Waals surface area contributed by atoms with E-state index in [1.807, 2.05) is 0 Å². The molecule has 6 nitrogen and oxygen atoms in total. The lowest BCUT2D eigenvalue weighted by atomic mass is 10.0. The van der Waals surface area contributed by atoms with Crippen LogP contribution in [0.5, 0.6) is 0 Å². The Morgan fingerprint density at radius 3 is 0.847 bits per heavy atom. The fourth-order valence-electron chi connectivity index (χ4n) is 8.11. The summed E-state index contributed by atoms with van der Waals surface area (Å²) in [5.74, 6) is -0.932. The van der Waals surface area contributed by atoms with Gasteiger partial charge in [0.05, 0.1) is 0 Å². The zero-order valence-electron chi connectivity index (χ0n) is 46.9. The number of unbranched alkanes of at least 4 members (excludes halogenated alkanes) is 24. The monoisotopic (exact) mass is 999 g/mol. The van der Waals surface area contributed by atoms with Gasteiger partial charge in [-0.25, -0.2) is 0 Å². The van der Waals surface area contributed by atoms with Gasteiger partial charge in [-0.1, -0.05) is 259 Å². The fourth-order valence-corrected chi connectivity index (χ4v) is 8.11. The molecule has 1 atom stereocenters. The summed E-state index contributed by atoms with van der Waals surface area (Å²) in [7, 11) is 0. The van der Waals surface area contributed by atoms with E-state index in [-0.39, 0.29) is 31.1 Å². The number of esters is 3. The molecule has 0 aliphatic heterocycles. The molecule has 72 heavy (non-hydrogen) atoms. The summed E-state index contributed by atoms with van der Waals surface area (Å²) in [6.45, 7) is 6.39. The van der Waals surface area contributed by atoms with Crippen LogP contribution in [-0.2, 0) is 28.6 Å². The van der Waals surface area contributed by atoms with Crippen molar-refractivity contribution in [3.63, 3.8) is 0 Å². The van der Waals surface area contributed by atoms with E-state index in [1.165, 1.54) is 83.5 Å². The van der Waals surface area contributed by atoms with Gasteiger partial charge in [-0.15, -0.1) is 0 Å². The van der Waals surface area contributed by atoms with Crippen molar-refractivity contribution in [1.29, 1.82) is 0 Å². The maximum absolute atomic E-state index is 12.9. The van der Waals surface area contributed by atoms with Crippen LogP contribution < -0.4 is 0 Å². The number of allylic oxidation sites excluding steroid dienone is 18. The maximum Gasteiger partial charge on any atom is 0.306 e. The molecule has 0 aliphatic carbocycles. The molecule has 410 valence electrons. The minimum Gasteiger partial charge on any atom is -0.462 e. The molecule has 0 N–H and O–H groups in total. The van der Waals surface area contributed by atoms with Crippen molar-refractivity contribution >= 4 is 17.9 Å². The Balaban J connectivity index is 4.46. The van der Waals surface area contributed by atoms with E-state index in [0.29, 0.717) is 19.3 Å². The summed E-state index contributed by atoms with van der Waals surface area (Å²) < 4.78 is 16.9. The van der Waals surface area contributed by atoms with Crippen LogP contribution in [0.2, 0.25) is 0 Å². The lowest BCUT2D eigenvalue weighted by Gasteiger charge is -2.18. The molecule has 6 heteroatoms. The van der Waals surface area contributed by atoms with Gasteiger partial charge in [0.2, 0.25) is 0 Å². The zero-order chi connectivity index (χ0) is 52.2. The van der Waals surface area contributed by atoms with Crippen molar-refractivity contribution in [1.82, 2.24) is 0 Å². The van der Waals surface area contributed by atoms with Crippen LogP contribution in [0.4, 0.5) is 0 Å². The first-order valence-electron chi connectivity index (χ1n) is 29.9. The summed E-state index contributed by atoms with van der Waals surface area (Å²) in [6.07, 6.45) is 80.8. The summed E-state index contributed by atoms with van der Waals surface area (Å²) in [5.41, 5.74) is 0. The van der Waals surface area contributed by atoms with Gasteiger partial charge < -0.3 is 14.2 Å². The Bertz CT molecular complexity index is 1470. The largest absolute Gasteiger partial charge is 0.462 e. The molecule has 0 rings (SSSR count). The standard InChI is InChI=1S/C66H110O6/c1-4-7-10-13-16-19-22-25-28-31-32-33-34-36-38-41-44-47-50-53-56-59-65(68)71-62-63(61-70-64(67)58-55-52-49-46-43-40-37-30-27-24-21-18-15-12-9-6-3)72-66(69)60-57-54-51-48-45-42-39-35-29-26-23-20-17-14-11-8-5-2/h7-8,10-11,16-17,19-20,25-26,28-29,32-33,36,38-39,42,63H,4-6,9,12-15,18,21-24,27,30-31,34-35,37,40-41,43-62H2,1-3H3/b10-7-,11-8-,19-16-,20-17-,28-25-,29-26-,33-32-,38-36-,42-39-. The molecule has 0 radical (unpaired) electrons. The third-order valence-corrected chi connectivity index (χ3v) is 12.5. The molecule has 0 aromatic carbocycles.